The highest BCUT2D eigenvalue weighted by Crippen LogP contribution is 2.23. The van der Waals surface area contributed by atoms with Gasteiger partial charge in [-0.1, -0.05) is 0 Å². The van der Waals surface area contributed by atoms with Crippen molar-refractivity contribution in [2.24, 2.45) is 5.73 Å². The highest BCUT2D eigenvalue weighted by atomic mass is 16.5. The maximum atomic E-state index is 11.6. The Kier molecular flexibility index (Phi) is 4.22. The summed E-state index contributed by atoms with van der Waals surface area (Å²) < 4.78 is 10.9. The van der Waals surface area contributed by atoms with Crippen LogP contribution >= 0.6 is 0 Å². The van der Waals surface area contributed by atoms with E-state index in [0.29, 0.717) is 24.3 Å². The van der Waals surface area contributed by atoms with Gasteiger partial charge in [0.1, 0.15) is 11.3 Å². The highest BCUT2D eigenvalue weighted by molar-refractivity contribution is 5.82. The SMILES string of the molecule is Cc1c(C)c2ccc(OCCCCN)cc2oc1=O. The zero-order valence-corrected chi connectivity index (χ0v) is 11.4. The van der Waals surface area contributed by atoms with Crippen molar-refractivity contribution in [3.63, 3.8) is 0 Å². The van der Waals surface area contributed by atoms with Gasteiger partial charge in [-0.05, 0) is 50.9 Å². The average Bonchev–Trinajstić information content (AvgIpc) is 2.41. The first-order valence-corrected chi connectivity index (χ1v) is 6.50. The minimum absolute atomic E-state index is 0.287. The van der Waals surface area contributed by atoms with Crippen LogP contribution < -0.4 is 16.1 Å². The Bertz CT molecular complexity index is 631. The van der Waals surface area contributed by atoms with Crippen LogP contribution in [0.15, 0.2) is 27.4 Å². The van der Waals surface area contributed by atoms with Crippen molar-refractivity contribution >= 4 is 11.0 Å². The molecule has 0 radical (unpaired) electrons. The number of aryl methyl sites for hydroxylation is 1. The van der Waals surface area contributed by atoms with E-state index in [1.807, 2.05) is 19.1 Å². The zero-order valence-electron chi connectivity index (χ0n) is 11.4. The lowest BCUT2D eigenvalue weighted by Crippen LogP contribution is -2.06. The molecule has 0 bridgehead atoms. The number of benzene rings is 1. The van der Waals surface area contributed by atoms with Crippen molar-refractivity contribution in [2.75, 3.05) is 13.2 Å². The first kappa shape index (κ1) is 13.6. The van der Waals surface area contributed by atoms with Gasteiger partial charge in [-0.3, -0.25) is 0 Å². The van der Waals surface area contributed by atoms with Gasteiger partial charge in [0.15, 0.2) is 0 Å². The average molecular weight is 261 g/mol. The van der Waals surface area contributed by atoms with Crippen LogP contribution in [0.4, 0.5) is 0 Å². The Labute approximate surface area is 112 Å². The Hall–Kier alpha value is -1.81. The molecule has 1 heterocycles. The molecule has 2 aromatic rings. The summed E-state index contributed by atoms with van der Waals surface area (Å²) in [5.74, 6) is 0.718. The van der Waals surface area contributed by atoms with E-state index in [2.05, 4.69) is 0 Å². The van der Waals surface area contributed by atoms with Gasteiger partial charge in [0.05, 0.1) is 6.61 Å². The fraction of sp³-hybridized carbons (Fsp3) is 0.400. The van der Waals surface area contributed by atoms with E-state index in [1.165, 1.54) is 0 Å². The predicted octanol–water partition coefficient (Wildman–Crippen LogP) is 2.53. The van der Waals surface area contributed by atoms with Gasteiger partial charge in [0.25, 0.3) is 0 Å². The lowest BCUT2D eigenvalue weighted by atomic mass is 10.1. The Balaban J connectivity index is 2.26. The highest BCUT2D eigenvalue weighted by Gasteiger charge is 2.08. The van der Waals surface area contributed by atoms with Crippen LogP contribution in [-0.4, -0.2) is 13.2 Å². The molecule has 102 valence electrons. The summed E-state index contributed by atoms with van der Waals surface area (Å²) >= 11 is 0. The van der Waals surface area contributed by atoms with Crippen LogP contribution in [0.2, 0.25) is 0 Å². The number of unbranched alkanes of at least 4 members (excludes halogenated alkanes) is 1. The third-order valence-corrected chi connectivity index (χ3v) is 3.30. The molecule has 0 unspecified atom stereocenters. The van der Waals surface area contributed by atoms with Gasteiger partial charge >= 0.3 is 5.63 Å². The molecule has 4 heteroatoms. The first-order chi connectivity index (χ1) is 9.13. The van der Waals surface area contributed by atoms with Gasteiger partial charge in [-0.15, -0.1) is 0 Å². The fourth-order valence-corrected chi connectivity index (χ4v) is 1.95. The largest absolute Gasteiger partial charge is 0.493 e. The van der Waals surface area contributed by atoms with Crippen LogP contribution in [0.25, 0.3) is 11.0 Å². The fourth-order valence-electron chi connectivity index (χ4n) is 1.95. The maximum absolute atomic E-state index is 11.6. The predicted molar refractivity (Wildman–Crippen MR) is 75.7 cm³/mol. The minimum Gasteiger partial charge on any atom is -0.493 e. The normalized spacial score (nSPS) is 10.9. The molecule has 0 amide bonds. The van der Waals surface area contributed by atoms with E-state index in [0.717, 1.165) is 29.5 Å². The lowest BCUT2D eigenvalue weighted by Gasteiger charge is -2.08. The molecular weight excluding hydrogens is 242 g/mol. The number of rotatable bonds is 5. The lowest BCUT2D eigenvalue weighted by molar-refractivity contribution is 0.307. The molecule has 0 aliphatic carbocycles. The van der Waals surface area contributed by atoms with Gasteiger partial charge < -0.3 is 14.9 Å². The summed E-state index contributed by atoms with van der Waals surface area (Å²) in [6, 6.07) is 5.60. The summed E-state index contributed by atoms with van der Waals surface area (Å²) in [6.45, 7) is 5.00. The Morgan fingerprint density at radius 2 is 2.00 bits per heavy atom. The summed E-state index contributed by atoms with van der Waals surface area (Å²) in [5, 5.41) is 0.950. The summed E-state index contributed by atoms with van der Waals surface area (Å²) in [6.07, 6.45) is 1.87. The summed E-state index contributed by atoms with van der Waals surface area (Å²) in [5.41, 5.74) is 7.33. The second-order valence-corrected chi connectivity index (χ2v) is 4.64. The van der Waals surface area contributed by atoms with Crippen molar-refractivity contribution in [3.05, 3.63) is 39.7 Å². The van der Waals surface area contributed by atoms with Crippen molar-refractivity contribution in [3.8, 4) is 5.75 Å². The molecule has 0 saturated carbocycles. The molecule has 19 heavy (non-hydrogen) atoms. The molecule has 1 aromatic heterocycles. The third kappa shape index (κ3) is 2.96. The van der Waals surface area contributed by atoms with Crippen molar-refractivity contribution in [2.45, 2.75) is 26.7 Å². The molecule has 0 atom stereocenters. The van der Waals surface area contributed by atoms with Gasteiger partial charge in [0, 0.05) is 17.0 Å². The molecule has 0 aliphatic rings. The van der Waals surface area contributed by atoms with Crippen molar-refractivity contribution in [1.82, 2.24) is 0 Å². The van der Waals surface area contributed by atoms with Crippen molar-refractivity contribution < 1.29 is 9.15 Å². The van der Waals surface area contributed by atoms with E-state index in [4.69, 9.17) is 14.9 Å². The van der Waals surface area contributed by atoms with Crippen LogP contribution in [0.1, 0.15) is 24.0 Å². The molecule has 1 aromatic carbocycles. The maximum Gasteiger partial charge on any atom is 0.339 e. The molecule has 0 spiro atoms. The standard InChI is InChI=1S/C15H19NO3/c1-10-11(2)15(17)19-14-9-12(5-6-13(10)14)18-8-4-3-7-16/h5-6,9H,3-4,7-8,16H2,1-2H3. The molecule has 2 rings (SSSR count). The van der Waals surface area contributed by atoms with Crippen LogP contribution in [-0.2, 0) is 0 Å². The zero-order chi connectivity index (χ0) is 13.8. The Morgan fingerprint density at radius 3 is 2.74 bits per heavy atom. The second kappa shape index (κ2) is 5.89. The number of hydrogen-bond acceptors (Lipinski definition) is 4. The second-order valence-electron chi connectivity index (χ2n) is 4.64. The first-order valence-electron chi connectivity index (χ1n) is 6.50. The topological polar surface area (TPSA) is 65.5 Å². The quantitative estimate of drug-likeness (QED) is 0.663. The van der Waals surface area contributed by atoms with Crippen molar-refractivity contribution in [1.29, 1.82) is 0 Å². The Morgan fingerprint density at radius 1 is 1.21 bits per heavy atom. The van der Waals surface area contributed by atoms with E-state index < -0.39 is 0 Å². The van der Waals surface area contributed by atoms with Gasteiger partial charge in [0.2, 0.25) is 0 Å². The number of ether oxygens (including phenoxy) is 1. The van der Waals surface area contributed by atoms with E-state index in [-0.39, 0.29) is 5.63 Å². The third-order valence-electron chi connectivity index (χ3n) is 3.30. The van der Waals surface area contributed by atoms with E-state index >= 15 is 0 Å². The molecule has 2 N–H and O–H groups in total. The number of fused-ring (bicyclic) bond motifs is 1. The monoisotopic (exact) mass is 261 g/mol. The number of hydrogen-bond donors (Lipinski definition) is 1. The van der Waals surface area contributed by atoms with Crippen LogP contribution in [0.3, 0.4) is 0 Å². The molecule has 4 nitrogen and oxygen atoms in total. The van der Waals surface area contributed by atoms with Gasteiger partial charge in [-0.2, -0.15) is 0 Å². The minimum atomic E-state index is -0.287. The van der Waals surface area contributed by atoms with Gasteiger partial charge in [-0.25, -0.2) is 4.79 Å². The molecular formula is C15H19NO3. The summed E-state index contributed by atoms with van der Waals surface area (Å²) in [7, 11) is 0. The summed E-state index contributed by atoms with van der Waals surface area (Å²) in [4.78, 5) is 11.6. The van der Waals surface area contributed by atoms with Crippen LogP contribution in [0.5, 0.6) is 5.75 Å². The van der Waals surface area contributed by atoms with E-state index in [9.17, 15) is 4.79 Å². The van der Waals surface area contributed by atoms with Crippen LogP contribution in [0, 0.1) is 13.8 Å². The molecule has 0 saturated heterocycles. The van der Waals surface area contributed by atoms with E-state index in [1.54, 1.807) is 13.0 Å². The smallest absolute Gasteiger partial charge is 0.339 e. The molecule has 0 fully saturated rings. The molecule has 0 aliphatic heterocycles. The number of nitrogens with two attached hydrogens (primary N) is 1.